The molecule has 2 rings (SSSR count). The zero-order valence-electron chi connectivity index (χ0n) is 9.84. The summed E-state index contributed by atoms with van der Waals surface area (Å²) < 4.78 is 54.7. The van der Waals surface area contributed by atoms with Gasteiger partial charge in [0.2, 0.25) is 0 Å². The molecule has 0 saturated heterocycles. The molecule has 0 spiro atoms. The maximum Gasteiger partial charge on any atom is 0.341 e. The lowest BCUT2D eigenvalue weighted by Gasteiger charge is -2.17. The maximum absolute atomic E-state index is 13.8. The lowest BCUT2D eigenvalue weighted by Crippen LogP contribution is -2.21. The Bertz CT molecular complexity index is 593. The van der Waals surface area contributed by atoms with Gasteiger partial charge in [-0.2, -0.15) is 0 Å². The molecule has 0 radical (unpaired) electrons. The number of aliphatic carboxylic acids is 1. The monoisotopic (exact) mass is 292 g/mol. The van der Waals surface area contributed by atoms with Crippen LogP contribution in [-0.2, 0) is 10.2 Å². The van der Waals surface area contributed by atoms with E-state index in [1.54, 1.807) is 0 Å². The number of carbonyl (C=O) groups is 2. The van der Waals surface area contributed by atoms with Crippen LogP contribution in [0.1, 0.15) is 35.2 Å². The van der Waals surface area contributed by atoms with Gasteiger partial charge in [-0.15, -0.1) is 0 Å². The van der Waals surface area contributed by atoms with Crippen LogP contribution in [0.3, 0.4) is 0 Å². The summed E-state index contributed by atoms with van der Waals surface area (Å²) in [6.07, 6.45) is -0.580. The summed E-state index contributed by atoms with van der Waals surface area (Å²) in [6.45, 7) is 0. The predicted octanol–water partition coefficient (Wildman–Crippen LogP) is 2.45. The van der Waals surface area contributed by atoms with Gasteiger partial charge in [-0.3, -0.25) is 4.79 Å². The highest BCUT2D eigenvalue weighted by Crippen LogP contribution is 2.53. The molecule has 0 atom stereocenters. The van der Waals surface area contributed by atoms with Gasteiger partial charge in [0.15, 0.2) is 23.3 Å². The fourth-order valence-corrected chi connectivity index (χ4v) is 2.24. The van der Waals surface area contributed by atoms with Gasteiger partial charge in [0.05, 0.1) is 6.42 Å². The molecule has 1 aliphatic rings. The van der Waals surface area contributed by atoms with Gasteiger partial charge >= 0.3 is 11.9 Å². The number of carboxylic acids is 2. The van der Waals surface area contributed by atoms with Crippen molar-refractivity contribution in [2.45, 2.75) is 24.7 Å². The van der Waals surface area contributed by atoms with E-state index in [1.807, 2.05) is 0 Å². The molecule has 20 heavy (non-hydrogen) atoms. The Kier molecular flexibility index (Phi) is 3.19. The van der Waals surface area contributed by atoms with Crippen LogP contribution in [0, 0.1) is 23.3 Å². The summed E-state index contributed by atoms with van der Waals surface area (Å²) in [4.78, 5) is 21.3. The number of rotatable bonds is 4. The van der Waals surface area contributed by atoms with E-state index in [-0.39, 0.29) is 12.8 Å². The summed E-state index contributed by atoms with van der Waals surface area (Å²) in [5, 5.41) is 17.2. The van der Waals surface area contributed by atoms with Crippen LogP contribution in [0.5, 0.6) is 0 Å². The quantitative estimate of drug-likeness (QED) is 0.660. The molecule has 8 heteroatoms. The first kappa shape index (κ1) is 14.3. The minimum Gasteiger partial charge on any atom is -0.481 e. The average molecular weight is 292 g/mol. The summed E-state index contributed by atoms with van der Waals surface area (Å²) in [7, 11) is 0. The third-order valence-electron chi connectivity index (χ3n) is 3.35. The Morgan fingerprint density at radius 1 is 0.950 bits per heavy atom. The second-order valence-electron chi connectivity index (χ2n) is 4.66. The van der Waals surface area contributed by atoms with Gasteiger partial charge in [0, 0.05) is 11.0 Å². The van der Waals surface area contributed by atoms with Crippen molar-refractivity contribution in [2.75, 3.05) is 0 Å². The summed E-state index contributed by atoms with van der Waals surface area (Å²) in [6, 6.07) is 0. The van der Waals surface area contributed by atoms with Crippen LogP contribution in [0.25, 0.3) is 0 Å². The number of carboxylic acid groups (broad SMARTS) is 2. The van der Waals surface area contributed by atoms with Gasteiger partial charge < -0.3 is 10.2 Å². The van der Waals surface area contributed by atoms with Crippen molar-refractivity contribution in [3.8, 4) is 0 Å². The van der Waals surface area contributed by atoms with Crippen LogP contribution in [-0.4, -0.2) is 22.2 Å². The zero-order valence-corrected chi connectivity index (χ0v) is 9.84. The van der Waals surface area contributed by atoms with Crippen molar-refractivity contribution >= 4 is 11.9 Å². The first-order chi connectivity index (χ1) is 9.21. The van der Waals surface area contributed by atoms with Gasteiger partial charge in [-0.05, 0) is 12.8 Å². The van der Waals surface area contributed by atoms with Crippen LogP contribution in [0.2, 0.25) is 0 Å². The van der Waals surface area contributed by atoms with Gasteiger partial charge in [0.25, 0.3) is 0 Å². The summed E-state index contributed by atoms with van der Waals surface area (Å²) >= 11 is 0. The molecular weight excluding hydrogens is 284 g/mol. The zero-order chi connectivity index (χ0) is 15.2. The fraction of sp³-hybridized carbons (Fsp3) is 0.333. The van der Waals surface area contributed by atoms with E-state index in [2.05, 4.69) is 0 Å². The minimum atomic E-state index is -2.15. The first-order valence-corrected chi connectivity index (χ1v) is 5.53. The number of halogens is 4. The third-order valence-corrected chi connectivity index (χ3v) is 3.35. The van der Waals surface area contributed by atoms with Crippen LogP contribution >= 0.6 is 0 Å². The molecule has 0 aliphatic heterocycles. The summed E-state index contributed by atoms with van der Waals surface area (Å²) in [5.74, 6) is -11.3. The Morgan fingerprint density at radius 2 is 1.40 bits per heavy atom. The molecule has 0 aromatic heterocycles. The lowest BCUT2D eigenvalue weighted by molar-refractivity contribution is -0.137. The number of benzene rings is 1. The number of aromatic carboxylic acids is 1. The fourth-order valence-electron chi connectivity index (χ4n) is 2.24. The first-order valence-electron chi connectivity index (χ1n) is 5.53. The molecule has 1 aromatic rings. The van der Waals surface area contributed by atoms with Crippen molar-refractivity contribution in [1.82, 2.24) is 0 Å². The molecule has 108 valence electrons. The Balaban J connectivity index is 2.68. The molecule has 0 unspecified atom stereocenters. The van der Waals surface area contributed by atoms with Gasteiger partial charge in [0.1, 0.15) is 5.56 Å². The molecule has 1 aliphatic carbocycles. The SMILES string of the molecule is O=C(O)CC1(c2c(F)c(F)c(C(=O)O)c(F)c2F)CC1. The molecule has 0 amide bonds. The standard InChI is InChI=1S/C12H8F4O4/c13-7-5(11(19)20)8(14)10(16)6(9(7)15)12(1-2-12)3-4(17)18/h1-3H2,(H,17,18)(H,19,20). The van der Waals surface area contributed by atoms with E-state index in [0.717, 1.165) is 0 Å². The molecule has 1 fully saturated rings. The maximum atomic E-state index is 13.8. The molecule has 1 aromatic carbocycles. The van der Waals surface area contributed by atoms with Crippen LogP contribution in [0.15, 0.2) is 0 Å². The molecule has 0 bridgehead atoms. The van der Waals surface area contributed by atoms with E-state index < -0.39 is 58.2 Å². The van der Waals surface area contributed by atoms with Gasteiger partial charge in [-0.1, -0.05) is 0 Å². The predicted molar refractivity (Wildman–Crippen MR) is 56.4 cm³/mol. The smallest absolute Gasteiger partial charge is 0.341 e. The summed E-state index contributed by atoms with van der Waals surface area (Å²) in [5.41, 5.74) is -4.27. The van der Waals surface area contributed by atoms with Crippen LogP contribution in [0.4, 0.5) is 17.6 Å². The number of hydrogen-bond donors (Lipinski definition) is 2. The van der Waals surface area contributed by atoms with Crippen molar-refractivity contribution in [2.24, 2.45) is 0 Å². The van der Waals surface area contributed by atoms with Crippen molar-refractivity contribution < 1.29 is 37.4 Å². The van der Waals surface area contributed by atoms with E-state index >= 15 is 0 Å². The Morgan fingerprint density at radius 3 is 1.70 bits per heavy atom. The van der Waals surface area contributed by atoms with Crippen molar-refractivity contribution in [3.63, 3.8) is 0 Å². The Hall–Kier alpha value is -2.12. The Labute approximate surface area is 109 Å². The van der Waals surface area contributed by atoms with Gasteiger partial charge in [-0.25, -0.2) is 22.4 Å². The van der Waals surface area contributed by atoms with Crippen molar-refractivity contribution in [3.05, 3.63) is 34.4 Å². The molecule has 1 saturated carbocycles. The van der Waals surface area contributed by atoms with Crippen molar-refractivity contribution in [1.29, 1.82) is 0 Å². The molecule has 4 nitrogen and oxygen atoms in total. The topological polar surface area (TPSA) is 74.6 Å². The molecule has 0 heterocycles. The second-order valence-corrected chi connectivity index (χ2v) is 4.66. The largest absolute Gasteiger partial charge is 0.481 e. The minimum absolute atomic E-state index is 0.0540. The second kappa shape index (κ2) is 4.46. The highest BCUT2D eigenvalue weighted by Gasteiger charge is 2.51. The van der Waals surface area contributed by atoms with E-state index in [0.29, 0.717) is 0 Å². The highest BCUT2D eigenvalue weighted by atomic mass is 19.2. The van der Waals surface area contributed by atoms with E-state index in [1.165, 1.54) is 0 Å². The van der Waals surface area contributed by atoms with E-state index in [9.17, 15) is 27.2 Å². The molecule has 2 N–H and O–H groups in total. The third kappa shape index (κ3) is 2.00. The van der Waals surface area contributed by atoms with E-state index in [4.69, 9.17) is 10.2 Å². The molecular formula is C12H8F4O4. The lowest BCUT2D eigenvalue weighted by atomic mass is 9.90. The van der Waals surface area contributed by atoms with Crippen LogP contribution < -0.4 is 0 Å². The number of hydrogen-bond acceptors (Lipinski definition) is 2. The normalized spacial score (nSPS) is 16.0. The highest BCUT2D eigenvalue weighted by molar-refractivity contribution is 5.88. The average Bonchev–Trinajstić information content (AvgIpc) is 3.06.